The number of nitrogens with zero attached hydrogens (tertiary/aromatic N) is 4. The van der Waals surface area contributed by atoms with Gasteiger partial charge in [0.05, 0.1) is 5.69 Å². The number of nitrogens with two attached hydrogens (primary N) is 1. The van der Waals surface area contributed by atoms with Crippen LogP contribution in [0.25, 0.3) is 0 Å². The van der Waals surface area contributed by atoms with Gasteiger partial charge in [-0.1, -0.05) is 0 Å². The van der Waals surface area contributed by atoms with E-state index >= 15 is 0 Å². The Labute approximate surface area is 107 Å². The van der Waals surface area contributed by atoms with E-state index in [1.807, 2.05) is 31.6 Å². The highest BCUT2D eigenvalue weighted by Gasteiger charge is 2.08. The van der Waals surface area contributed by atoms with Gasteiger partial charge in [-0.05, 0) is 24.1 Å². The molecule has 5 nitrogen and oxygen atoms in total. The molecule has 0 aliphatic rings. The van der Waals surface area contributed by atoms with Crippen LogP contribution in [0.3, 0.4) is 0 Å². The van der Waals surface area contributed by atoms with Gasteiger partial charge in [0.15, 0.2) is 5.82 Å². The topological polar surface area (TPSA) is 67.9 Å². The van der Waals surface area contributed by atoms with Crippen LogP contribution in [0.4, 0.5) is 5.82 Å². The molecule has 0 amide bonds. The first-order valence-corrected chi connectivity index (χ1v) is 5.91. The standard InChI is InChI=1S/C13H17N5/c1-18(9-4-11-2-5-15-6-3-11)13-12(10-14)16-7-8-17-13/h2-3,5-8H,4,9-10,14H2,1H3. The molecule has 0 unspecified atom stereocenters. The van der Waals surface area contributed by atoms with Crippen molar-refractivity contribution in [1.29, 1.82) is 0 Å². The third kappa shape index (κ3) is 3.01. The van der Waals surface area contributed by atoms with Gasteiger partial charge in [-0.2, -0.15) is 0 Å². The van der Waals surface area contributed by atoms with Gasteiger partial charge in [-0.25, -0.2) is 4.98 Å². The van der Waals surface area contributed by atoms with E-state index in [1.54, 1.807) is 12.4 Å². The van der Waals surface area contributed by atoms with Crippen molar-refractivity contribution in [2.75, 3.05) is 18.5 Å². The first-order valence-electron chi connectivity index (χ1n) is 5.91. The summed E-state index contributed by atoms with van der Waals surface area (Å²) in [4.78, 5) is 14.7. The molecule has 0 atom stereocenters. The van der Waals surface area contributed by atoms with Crippen molar-refractivity contribution in [3.8, 4) is 0 Å². The summed E-state index contributed by atoms with van der Waals surface area (Å²) in [6.45, 7) is 1.28. The van der Waals surface area contributed by atoms with Crippen molar-refractivity contribution in [3.05, 3.63) is 48.2 Å². The molecular weight excluding hydrogens is 226 g/mol. The van der Waals surface area contributed by atoms with Crippen LogP contribution in [0.5, 0.6) is 0 Å². The number of anilines is 1. The summed E-state index contributed by atoms with van der Waals surface area (Å²) >= 11 is 0. The summed E-state index contributed by atoms with van der Waals surface area (Å²) in [5.41, 5.74) is 7.75. The Balaban J connectivity index is 2.01. The summed E-state index contributed by atoms with van der Waals surface area (Å²) in [6, 6.07) is 4.04. The lowest BCUT2D eigenvalue weighted by atomic mass is 10.2. The molecule has 0 aromatic carbocycles. The van der Waals surface area contributed by atoms with E-state index in [1.165, 1.54) is 5.56 Å². The Morgan fingerprint density at radius 3 is 2.56 bits per heavy atom. The zero-order valence-corrected chi connectivity index (χ0v) is 10.5. The molecule has 0 saturated heterocycles. The van der Waals surface area contributed by atoms with Gasteiger partial charge in [0.25, 0.3) is 0 Å². The maximum atomic E-state index is 5.66. The van der Waals surface area contributed by atoms with Crippen LogP contribution >= 0.6 is 0 Å². The van der Waals surface area contributed by atoms with E-state index in [0.717, 1.165) is 24.5 Å². The molecule has 2 N–H and O–H groups in total. The van der Waals surface area contributed by atoms with Crippen LogP contribution in [0, 0.1) is 0 Å². The van der Waals surface area contributed by atoms with E-state index in [-0.39, 0.29) is 0 Å². The van der Waals surface area contributed by atoms with Crippen LogP contribution in [0.1, 0.15) is 11.3 Å². The molecule has 0 aliphatic heterocycles. The van der Waals surface area contributed by atoms with Crippen LogP contribution in [-0.4, -0.2) is 28.5 Å². The van der Waals surface area contributed by atoms with Crippen LogP contribution in [-0.2, 0) is 13.0 Å². The Bertz CT molecular complexity index is 486. The molecule has 0 radical (unpaired) electrons. The normalized spacial score (nSPS) is 10.3. The van der Waals surface area contributed by atoms with Crippen molar-refractivity contribution < 1.29 is 0 Å². The Kier molecular flexibility index (Phi) is 4.20. The number of hydrogen-bond donors (Lipinski definition) is 1. The molecule has 2 heterocycles. The monoisotopic (exact) mass is 243 g/mol. The first-order chi connectivity index (χ1) is 8.81. The van der Waals surface area contributed by atoms with Gasteiger partial charge < -0.3 is 10.6 Å². The lowest BCUT2D eigenvalue weighted by Gasteiger charge is -2.19. The third-order valence-corrected chi connectivity index (χ3v) is 2.79. The van der Waals surface area contributed by atoms with Crippen molar-refractivity contribution in [1.82, 2.24) is 15.0 Å². The van der Waals surface area contributed by atoms with Crippen LogP contribution < -0.4 is 10.6 Å². The van der Waals surface area contributed by atoms with Crippen LogP contribution in [0.2, 0.25) is 0 Å². The van der Waals surface area contributed by atoms with E-state index in [4.69, 9.17) is 5.73 Å². The lowest BCUT2D eigenvalue weighted by Crippen LogP contribution is -2.24. The molecule has 18 heavy (non-hydrogen) atoms. The zero-order valence-electron chi connectivity index (χ0n) is 10.5. The molecule has 2 aromatic heterocycles. The van der Waals surface area contributed by atoms with E-state index < -0.39 is 0 Å². The summed E-state index contributed by atoms with van der Waals surface area (Å²) in [7, 11) is 2.00. The predicted octanol–water partition coefficient (Wildman–Crippen LogP) is 1.01. The van der Waals surface area contributed by atoms with E-state index in [2.05, 4.69) is 19.9 Å². The highest BCUT2D eigenvalue weighted by atomic mass is 15.2. The largest absolute Gasteiger partial charge is 0.358 e. The fourth-order valence-electron chi connectivity index (χ4n) is 1.77. The Morgan fingerprint density at radius 2 is 1.83 bits per heavy atom. The number of likely N-dealkylation sites (N-methyl/N-ethyl adjacent to an activating group) is 1. The number of aromatic nitrogens is 3. The molecule has 5 heteroatoms. The van der Waals surface area contributed by atoms with Gasteiger partial charge in [0, 0.05) is 44.9 Å². The molecule has 0 spiro atoms. The molecular formula is C13H17N5. The maximum absolute atomic E-state index is 5.66. The minimum atomic E-state index is 0.406. The fraction of sp³-hybridized carbons (Fsp3) is 0.308. The molecule has 0 fully saturated rings. The average molecular weight is 243 g/mol. The molecule has 2 aromatic rings. The van der Waals surface area contributed by atoms with Gasteiger partial charge in [-0.15, -0.1) is 0 Å². The SMILES string of the molecule is CN(CCc1ccncc1)c1nccnc1CN. The van der Waals surface area contributed by atoms with Crippen molar-refractivity contribution in [2.24, 2.45) is 5.73 Å². The maximum Gasteiger partial charge on any atom is 0.151 e. The van der Waals surface area contributed by atoms with Crippen molar-refractivity contribution in [2.45, 2.75) is 13.0 Å². The van der Waals surface area contributed by atoms with Gasteiger partial charge in [0.1, 0.15) is 0 Å². The van der Waals surface area contributed by atoms with Crippen molar-refractivity contribution in [3.63, 3.8) is 0 Å². The molecule has 2 rings (SSSR count). The van der Waals surface area contributed by atoms with Gasteiger partial charge in [0.2, 0.25) is 0 Å². The van der Waals surface area contributed by atoms with Crippen LogP contribution in [0.15, 0.2) is 36.9 Å². The third-order valence-electron chi connectivity index (χ3n) is 2.79. The zero-order chi connectivity index (χ0) is 12.8. The average Bonchev–Trinajstić information content (AvgIpc) is 2.45. The van der Waals surface area contributed by atoms with Gasteiger partial charge >= 0.3 is 0 Å². The molecule has 0 aliphatic carbocycles. The summed E-state index contributed by atoms with van der Waals surface area (Å²) in [5.74, 6) is 0.856. The second-order valence-corrected chi connectivity index (χ2v) is 4.06. The number of hydrogen-bond acceptors (Lipinski definition) is 5. The Hall–Kier alpha value is -2.01. The fourth-order valence-corrected chi connectivity index (χ4v) is 1.77. The van der Waals surface area contributed by atoms with Crippen molar-refractivity contribution >= 4 is 5.82 Å². The highest BCUT2D eigenvalue weighted by Crippen LogP contribution is 2.13. The smallest absolute Gasteiger partial charge is 0.151 e. The molecule has 94 valence electrons. The quantitative estimate of drug-likeness (QED) is 0.848. The second kappa shape index (κ2) is 6.07. The first kappa shape index (κ1) is 12.4. The number of pyridine rings is 1. The molecule has 0 saturated carbocycles. The van der Waals surface area contributed by atoms with E-state index in [0.29, 0.717) is 6.54 Å². The van der Waals surface area contributed by atoms with Gasteiger partial charge in [-0.3, -0.25) is 9.97 Å². The predicted molar refractivity (Wildman–Crippen MR) is 71.1 cm³/mol. The summed E-state index contributed by atoms with van der Waals surface area (Å²) in [6.07, 6.45) is 7.92. The minimum absolute atomic E-state index is 0.406. The summed E-state index contributed by atoms with van der Waals surface area (Å²) in [5, 5.41) is 0. The second-order valence-electron chi connectivity index (χ2n) is 4.06. The molecule has 0 bridgehead atoms. The highest BCUT2D eigenvalue weighted by molar-refractivity contribution is 5.42. The Morgan fingerprint density at radius 1 is 1.11 bits per heavy atom. The minimum Gasteiger partial charge on any atom is -0.358 e. The lowest BCUT2D eigenvalue weighted by molar-refractivity contribution is 0.830. The number of rotatable bonds is 5. The summed E-state index contributed by atoms with van der Waals surface area (Å²) < 4.78 is 0. The van der Waals surface area contributed by atoms with E-state index in [9.17, 15) is 0 Å².